The smallest absolute Gasteiger partial charge is 0.339 e. The standard InChI is InChI=1S/C10H8ClFO5/c1-15-10(14)8(13)4-2-5-9(17-3-16-5)6(11)7(4)12/h2,8,13H,3H2,1H3. The lowest BCUT2D eigenvalue weighted by molar-refractivity contribution is -0.150. The molecule has 0 saturated carbocycles. The summed E-state index contributed by atoms with van der Waals surface area (Å²) in [6.07, 6.45) is -1.76. The van der Waals surface area contributed by atoms with E-state index in [-0.39, 0.29) is 28.9 Å². The largest absolute Gasteiger partial charge is 0.467 e. The van der Waals surface area contributed by atoms with Gasteiger partial charge in [-0.2, -0.15) is 0 Å². The lowest BCUT2D eigenvalue weighted by atomic mass is 10.1. The Labute approximate surface area is 101 Å². The third kappa shape index (κ3) is 1.89. The summed E-state index contributed by atoms with van der Waals surface area (Å²) >= 11 is 5.69. The molecule has 1 heterocycles. The molecule has 5 nitrogen and oxygen atoms in total. The predicted molar refractivity (Wildman–Crippen MR) is 54.5 cm³/mol. The van der Waals surface area contributed by atoms with Crippen molar-refractivity contribution in [2.75, 3.05) is 13.9 Å². The van der Waals surface area contributed by atoms with Crippen LogP contribution in [0.5, 0.6) is 11.5 Å². The number of halogens is 2. The van der Waals surface area contributed by atoms with E-state index in [0.29, 0.717) is 0 Å². The minimum absolute atomic E-state index is 0.0602. The number of ether oxygens (including phenoxy) is 3. The maximum atomic E-state index is 13.8. The van der Waals surface area contributed by atoms with Crippen LogP contribution in [0.15, 0.2) is 6.07 Å². The van der Waals surface area contributed by atoms with E-state index < -0.39 is 17.9 Å². The molecule has 1 atom stereocenters. The fourth-order valence-corrected chi connectivity index (χ4v) is 1.69. The first-order valence-corrected chi connectivity index (χ1v) is 4.97. The summed E-state index contributed by atoms with van der Waals surface area (Å²) in [6.45, 7) is -0.0910. The van der Waals surface area contributed by atoms with E-state index >= 15 is 0 Å². The number of hydrogen-bond acceptors (Lipinski definition) is 5. The molecule has 0 fully saturated rings. The molecule has 1 aliphatic heterocycles. The first-order valence-electron chi connectivity index (χ1n) is 4.59. The molecule has 0 bridgehead atoms. The zero-order valence-electron chi connectivity index (χ0n) is 8.70. The van der Waals surface area contributed by atoms with Gasteiger partial charge < -0.3 is 19.3 Å². The molecule has 0 amide bonds. The van der Waals surface area contributed by atoms with Crippen LogP contribution in [-0.2, 0) is 9.53 Å². The van der Waals surface area contributed by atoms with Crippen molar-refractivity contribution in [3.8, 4) is 11.5 Å². The van der Waals surface area contributed by atoms with Crippen LogP contribution in [0.2, 0.25) is 5.02 Å². The van der Waals surface area contributed by atoms with Gasteiger partial charge in [0, 0.05) is 5.56 Å². The van der Waals surface area contributed by atoms with E-state index in [1.807, 2.05) is 0 Å². The van der Waals surface area contributed by atoms with E-state index in [4.69, 9.17) is 21.1 Å². The third-order valence-electron chi connectivity index (χ3n) is 2.29. The van der Waals surface area contributed by atoms with E-state index in [0.717, 1.165) is 13.2 Å². The number of carbonyl (C=O) groups excluding carboxylic acids is 1. The normalized spacial score (nSPS) is 14.6. The summed E-state index contributed by atoms with van der Waals surface area (Å²) in [6, 6.07) is 1.16. The van der Waals surface area contributed by atoms with Crippen LogP contribution >= 0.6 is 11.6 Å². The summed E-state index contributed by atoms with van der Waals surface area (Å²) < 4.78 is 28.0. The van der Waals surface area contributed by atoms with Gasteiger partial charge in [-0.25, -0.2) is 9.18 Å². The minimum Gasteiger partial charge on any atom is -0.467 e. The summed E-state index contributed by atoms with van der Waals surface area (Å²) in [7, 11) is 1.08. The predicted octanol–water partition coefficient (Wildman–Crippen LogP) is 1.41. The molecule has 1 aromatic carbocycles. The van der Waals surface area contributed by atoms with Gasteiger partial charge in [-0.3, -0.25) is 0 Å². The van der Waals surface area contributed by atoms with Crippen LogP contribution in [0.25, 0.3) is 0 Å². The average molecular weight is 263 g/mol. The van der Waals surface area contributed by atoms with Gasteiger partial charge in [-0.05, 0) is 6.07 Å². The first kappa shape index (κ1) is 11.9. The number of esters is 1. The molecular formula is C10H8ClFO5. The second kappa shape index (κ2) is 4.38. The highest BCUT2D eigenvalue weighted by molar-refractivity contribution is 6.32. The number of rotatable bonds is 2. The monoisotopic (exact) mass is 262 g/mol. The number of aliphatic hydroxyl groups is 1. The molecule has 0 aromatic heterocycles. The topological polar surface area (TPSA) is 65.0 Å². The van der Waals surface area contributed by atoms with Crippen LogP contribution in [0.3, 0.4) is 0 Å². The van der Waals surface area contributed by atoms with Crippen molar-refractivity contribution < 1.29 is 28.5 Å². The third-order valence-corrected chi connectivity index (χ3v) is 2.63. The number of aliphatic hydroxyl groups excluding tert-OH is 1. The van der Waals surface area contributed by atoms with Gasteiger partial charge >= 0.3 is 5.97 Å². The quantitative estimate of drug-likeness (QED) is 0.817. The van der Waals surface area contributed by atoms with Crippen molar-refractivity contribution in [3.63, 3.8) is 0 Å². The molecular weight excluding hydrogens is 255 g/mol. The van der Waals surface area contributed by atoms with Crippen LogP contribution in [-0.4, -0.2) is 25.0 Å². The molecule has 0 radical (unpaired) electrons. The molecule has 1 N–H and O–H groups in total. The molecule has 92 valence electrons. The molecule has 0 saturated heterocycles. The Hall–Kier alpha value is -1.53. The highest BCUT2D eigenvalue weighted by Gasteiger charge is 2.29. The van der Waals surface area contributed by atoms with Gasteiger partial charge in [0.25, 0.3) is 0 Å². The summed E-state index contributed by atoms with van der Waals surface area (Å²) in [5.41, 5.74) is -0.314. The molecule has 0 spiro atoms. The molecule has 1 unspecified atom stereocenters. The maximum Gasteiger partial charge on any atom is 0.339 e. The second-order valence-electron chi connectivity index (χ2n) is 3.25. The van der Waals surface area contributed by atoms with Gasteiger partial charge in [0.1, 0.15) is 5.02 Å². The number of fused-ring (bicyclic) bond motifs is 1. The number of carbonyl (C=O) groups is 1. The molecule has 1 aromatic rings. The van der Waals surface area contributed by atoms with Crippen LogP contribution in [0.4, 0.5) is 4.39 Å². The van der Waals surface area contributed by atoms with E-state index in [1.54, 1.807) is 0 Å². The van der Waals surface area contributed by atoms with Crippen LogP contribution in [0.1, 0.15) is 11.7 Å². The van der Waals surface area contributed by atoms with Crippen LogP contribution < -0.4 is 9.47 Å². The lowest BCUT2D eigenvalue weighted by Crippen LogP contribution is -2.15. The molecule has 2 rings (SSSR count). The minimum atomic E-state index is -1.76. The van der Waals surface area contributed by atoms with E-state index in [2.05, 4.69) is 4.74 Å². The van der Waals surface area contributed by atoms with Crippen molar-refractivity contribution in [1.29, 1.82) is 0 Å². The van der Waals surface area contributed by atoms with Gasteiger partial charge in [0.15, 0.2) is 23.4 Å². The average Bonchev–Trinajstić information content (AvgIpc) is 2.80. The van der Waals surface area contributed by atoms with E-state index in [9.17, 15) is 14.3 Å². The second-order valence-corrected chi connectivity index (χ2v) is 3.63. The molecule has 7 heteroatoms. The van der Waals surface area contributed by atoms with Gasteiger partial charge in [0.05, 0.1) is 7.11 Å². The fraction of sp³-hybridized carbons (Fsp3) is 0.300. The SMILES string of the molecule is COC(=O)C(O)c1cc2c(c(Cl)c1F)OCO2. The molecule has 17 heavy (non-hydrogen) atoms. The summed E-state index contributed by atoms with van der Waals surface area (Å²) in [5.74, 6) is -1.69. The summed E-state index contributed by atoms with van der Waals surface area (Å²) in [5, 5.41) is 9.22. The van der Waals surface area contributed by atoms with Crippen molar-refractivity contribution in [2.45, 2.75) is 6.10 Å². The number of hydrogen-bond donors (Lipinski definition) is 1. The maximum absolute atomic E-state index is 13.8. The number of benzene rings is 1. The highest BCUT2D eigenvalue weighted by Crippen LogP contribution is 2.43. The molecule has 1 aliphatic rings. The Morgan fingerprint density at radius 3 is 3.00 bits per heavy atom. The van der Waals surface area contributed by atoms with Crippen LogP contribution in [0, 0.1) is 5.82 Å². The van der Waals surface area contributed by atoms with Crippen molar-refractivity contribution in [1.82, 2.24) is 0 Å². The van der Waals surface area contributed by atoms with Crippen molar-refractivity contribution in [2.24, 2.45) is 0 Å². The Kier molecular flexibility index (Phi) is 3.08. The lowest BCUT2D eigenvalue weighted by Gasteiger charge is -2.11. The van der Waals surface area contributed by atoms with Gasteiger partial charge in [0.2, 0.25) is 6.79 Å². The molecule has 0 aliphatic carbocycles. The zero-order valence-corrected chi connectivity index (χ0v) is 9.45. The Morgan fingerprint density at radius 2 is 2.35 bits per heavy atom. The Morgan fingerprint density at radius 1 is 1.65 bits per heavy atom. The Balaban J connectivity index is 2.49. The fourth-order valence-electron chi connectivity index (χ4n) is 1.44. The van der Waals surface area contributed by atoms with Crippen molar-refractivity contribution >= 4 is 17.6 Å². The number of methoxy groups -OCH3 is 1. The first-order chi connectivity index (χ1) is 8.06. The zero-order chi connectivity index (χ0) is 12.6. The Bertz CT molecular complexity index is 476. The van der Waals surface area contributed by atoms with Crippen molar-refractivity contribution in [3.05, 3.63) is 22.5 Å². The highest BCUT2D eigenvalue weighted by atomic mass is 35.5. The van der Waals surface area contributed by atoms with E-state index in [1.165, 1.54) is 0 Å². The van der Waals surface area contributed by atoms with Gasteiger partial charge in [-0.15, -0.1) is 0 Å². The summed E-state index contributed by atoms with van der Waals surface area (Å²) in [4.78, 5) is 11.1. The van der Waals surface area contributed by atoms with Gasteiger partial charge in [-0.1, -0.05) is 11.6 Å².